The SMILES string of the molecule is CC(C)C1(C(C)C)CCC1.CC(C)C1CC(C(C)C)C1.CC(C)C1CCC1C(C)C. The van der Waals surface area contributed by atoms with Crippen LogP contribution in [-0.4, -0.2) is 0 Å². The summed E-state index contributed by atoms with van der Waals surface area (Å²) < 4.78 is 0. The van der Waals surface area contributed by atoms with Gasteiger partial charge in [-0.1, -0.05) is 89.5 Å². The summed E-state index contributed by atoms with van der Waals surface area (Å²) in [5, 5.41) is 0. The molecule has 0 spiro atoms. The van der Waals surface area contributed by atoms with Crippen molar-refractivity contribution in [3.63, 3.8) is 0 Å². The van der Waals surface area contributed by atoms with Crippen LogP contribution in [0.5, 0.6) is 0 Å². The molecule has 0 radical (unpaired) electrons. The highest BCUT2D eigenvalue weighted by atomic mass is 14.5. The van der Waals surface area contributed by atoms with Crippen LogP contribution >= 0.6 is 0 Å². The zero-order valence-corrected chi connectivity index (χ0v) is 23.2. The van der Waals surface area contributed by atoms with Gasteiger partial charge in [0.1, 0.15) is 0 Å². The lowest BCUT2D eigenvalue weighted by molar-refractivity contribution is 0.0135. The van der Waals surface area contributed by atoms with Crippen molar-refractivity contribution >= 4 is 0 Å². The molecule has 0 heteroatoms. The number of hydrogen-bond donors (Lipinski definition) is 0. The first-order chi connectivity index (χ1) is 13.8. The molecular formula is C30H60. The van der Waals surface area contributed by atoms with Gasteiger partial charge >= 0.3 is 0 Å². The average molecular weight is 421 g/mol. The Morgan fingerprint density at radius 1 is 0.500 bits per heavy atom. The Kier molecular flexibility index (Phi) is 11.5. The molecule has 0 aliphatic heterocycles. The van der Waals surface area contributed by atoms with Crippen LogP contribution in [0.25, 0.3) is 0 Å². The van der Waals surface area contributed by atoms with Crippen LogP contribution in [0, 0.1) is 64.6 Å². The standard InChI is InChI=1S/3C10H20/c1-7(2)9-5-10(6-9)8(3)4;1-8(2)10(9(3)4)6-5-7-10;1-7(2)9-5-6-10(9)8(3)4/h7-10H,5-6H2,1-4H3;8-9H,5-7H2,1-4H3;7-10H,5-6H2,1-4H3. The molecular weight excluding hydrogens is 360 g/mol. The summed E-state index contributed by atoms with van der Waals surface area (Å²) in [5.74, 6) is 9.65. The maximum atomic E-state index is 2.37. The van der Waals surface area contributed by atoms with E-state index in [1.54, 1.807) is 0 Å². The highest BCUT2D eigenvalue weighted by Gasteiger charge is 2.42. The molecule has 3 aliphatic carbocycles. The second-order valence-corrected chi connectivity index (χ2v) is 13.3. The van der Waals surface area contributed by atoms with Crippen LogP contribution in [-0.2, 0) is 0 Å². The minimum Gasteiger partial charge on any atom is -0.0625 e. The Bertz CT molecular complexity index is 407. The summed E-state index contributed by atoms with van der Waals surface area (Å²) >= 11 is 0. The van der Waals surface area contributed by atoms with E-state index in [0.29, 0.717) is 0 Å². The van der Waals surface area contributed by atoms with Crippen molar-refractivity contribution < 1.29 is 0 Å². The molecule has 0 aromatic carbocycles. The second-order valence-electron chi connectivity index (χ2n) is 13.3. The Hall–Kier alpha value is 0. The smallest absolute Gasteiger partial charge is 0.0251 e. The minimum absolute atomic E-state index is 0.722. The van der Waals surface area contributed by atoms with Crippen molar-refractivity contribution in [1.29, 1.82) is 0 Å². The fourth-order valence-electron chi connectivity index (χ4n) is 6.41. The van der Waals surface area contributed by atoms with Crippen LogP contribution in [0.1, 0.15) is 128 Å². The van der Waals surface area contributed by atoms with Crippen LogP contribution in [0.15, 0.2) is 0 Å². The summed E-state index contributed by atoms with van der Waals surface area (Å²) in [6.07, 6.45) is 10.4. The first kappa shape index (κ1) is 28.0. The Morgan fingerprint density at radius 3 is 0.933 bits per heavy atom. The highest BCUT2D eigenvalue weighted by Crippen LogP contribution is 2.52. The average Bonchev–Trinajstić information content (AvgIpc) is 2.40. The maximum Gasteiger partial charge on any atom is -0.0251 e. The van der Waals surface area contributed by atoms with Crippen LogP contribution < -0.4 is 0 Å². The van der Waals surface area contributed by atoms with E-state index in [9.17, 15) is 0 Å². The van der Waals surface area contributed by atoms with Crippen molar-refractivity contribution in [1.82, 2.24) is 0 Å². The molecule has 0 bridgehead atoms. The van der Waals surface area contributed by atoms with Gasteiger partial charge in [0.15, 0.2) is 0 Å². The van der Waals surface area contributed by atoms with Crippen molar-refractivity contribution in [2.24, 2.45) is 64.6 Å². The lowest BCUT2D eigenvalue weighted by Crippen LogP contribution is -2.39. The van der Waals surface area contributed by atoms with Gasteiger partial charge in [-0.05, 0) is 103 Å². The minimum atomic E-state index is 0.722. The quantitative estimate of drug-likeness (QED) is 0.401. The van der Waals surface area contributed by atoms with Crippen LogP contribution in [0.2, 0.25) is 0 Å². The van der Waals surface area contributed by atoms with Crippen molar-refractivity contribution in [3.05, 3.63) is 0 Å². The summed E-state index contributed by atoms with van der Waals surface area (Å²) in [6.45, 7) is 28.3. The largest absolute Gasteiger partial charge is 0.0625 e. The molecule has 3 rings (SSSR count). The topological polar surface area (TPSA) is 0 Å². The van der Waals surface area contributed by atoms with Gasteiger partial charge in [-0.2, -0.15) is 0 Å². The van der Waals surface area contributed by atoms with E-state index in [-0.39, 0.29) is 0 Å². The van der Waals surface area contributed by atoms with E-state index in [1.807, 2.05) is 0 Å². The molecule has 0 aromatic heterocycles. The molecule has 2 atom stereocenters. The molecule has 0 amide bonds. The zero-order valence-electron chi connectivity index (χ0n) is 23.2. The lowest BCUT2D eigenvalue weighted by Gasteiger charge is -2.49. The Balaban J connectivity index is 0.000000225. The van der Waals surface area contributed by atoms with Gasteiger partial charge in [0.05, 0.1) is 0 Å². The molecule has 2 unspecified atom stereocenters. The molecule has 3 aliphatic rings. The number of hydrogen-bond acceptors (Lipinski definition) is 0. The van der Waals surface area contributed by atoms with Gasteiger partial charge in [0.2, 0.25) is 0 Å². The predicted octanol–water partition coefficient (Wildman–Crippen LogP) is 10.1. The molecule has 0 heterocycles. The van der Waals surface area contributed by atoms with E-state index in [0.717, 1.165) is 64.6 Å². The first-order valence-corrected chi connectivity index (χ1v) is 13.8. The van der Waals surface area contributed by atoms with Crippen molar-refractivity contribution in [3.8, 4) is 0 Å². The van der Waals surface area contributed by atoms with Crippen LogP contribution in [0.4, 0.5) is 0 Å². The van der Waals surface area contributed by atoms with E-state index in [1.165, 1.54) is 44.9 Å². The molecule has 0 N–H and O–H groups in total. The van der Waals surface area contributed by atoms with Crippen LogP contribution in [0.3, 0.4) is 0 Å². The monoisotopic (exact) mass is 420 g/mol. The molecule has 180 valence electrons. The highest BCUT2D eigenvalue weighted by molar-refractivity contribution is 4.92. The maximum absolute atomic E-state index is 2.37. The fraction of sp³-hybridized carbons (Fsp3) is 1.00. The third kappa shape index (κ3) is 7.27. The van der Waals surface area contributed by atoms with Gasteiger partial charge in [-0.15, -0.1) is 0 Å². The Labute approximate surface area is 192 Å². The summed E-state index contributed by atoms with van der Waals surface area (Å²) in [7, 11) is 0. The van der Waals surface area contributed by atoms with Gasteiger partial charge in [0.25, 0.3) is 0 Å². The van der Waals surface area contributed by atoms with E-state index in [2.05, 4.69) is 83.1 Å². The molecule has 30 heavy (non-hydrogen) atoms. The summed E-state index contributed by atoms with van der Waals surface area (Å²) in [6, 6.07) is 0. The van der Waals surface area contributed by atoms with Crippen molar-refractivity contribution in [2.45, 2.75) is 128 Å². The van der Waals surface area contributed by atoms with E-state index >= 15 is 0 Å². The predicted molar refractivity (Wildman–Crippen MR) is 138 cm³/mol. The normalized spacial score (nSPS) is 29.8. The molecule has 0 nitrogen and oxygen atoms in total. The number of rotatable bonds is 6. The lowest BCUT2D eigenvalue weighted by atomic mass is 9.56. The van der Waals surface area contributed by atoms with Gasteiger partial charge in [-0.25, -0.2) is 0 Å². The van der Waals surface area contributed by atoms with E-state index < -0.39 is 0 Å². The van der Waals surface area contributed by atoms with Gasteiger partial charge in [-0.3, -0.25) is 0 Å². The fourth-order valence-corrected chi connectivity index (χ4v) is 6.41. The zero-order chi connectivity index (χ0) is 23.2. The Morgan fingerprint density at radius 2 is 0.833 bits per heavy atom. The van der Waals surface area contributed by atoms with Crippen molar-refractivity contribution in [2.75, 3.05) is 0 Å². The van der Waals surface area contributed by atoms with E-state index in [4.69, 9.17) is 0 Å². The molecule has 3 fully saturated rings. The van der Waals surface area contributed by atoms with Gasteiger partial charge in [0, 0.05) is 0 Å². The second kappa shape index (κ2) is 12.3. The molecule has 0 aromatic rings. The molecule has 0 saturated heterocycles. The summed E-state index contributed by atoms with van der Waals surface area (Å²) in [4.78, 5) is 0. The molecule has 3 saturated carbocycles. The third-order valence-corrected chi connectivity index (χ3v) is 9.78. The summed E-state index contributed by atoms with van der Waals surface area (Å²) in [5.41, 5.74) is 0.722. The third-order valence-electron chi connectivity index (χ3n) is 9.78. The van der Waals surface area contributed by atoms with Gasteiger partial charge < -0.3 is 0 Å². The first-order valence-electron chi connectivity index (χ1n) is 13.8.